The molecule has 1 saturated heterocycles. The van der Waals surface area contributed by atoms with E-state index >= 15 is 0 Å². The number of piperidine rings is 1. The van der Waals surface area contributed by atoms with Crippen LogP contribution < -0.4 is 15.4 Å². The Bertz CT molecular complexity index is 636. The Morgan fingerprint density at radius 2 is 2.09 bits per heavy atom. The molecule has 0 aliphatic carbocycles. The zero-order chi connectivity index (χ0) is 15.2. The summed E-state index contributed by atoms with van der Waals surface area (Å²) in [5, 5.41) is 8.58. The Balaban J connectivity index is 1.44. The molecule has 2 aromatic carbocycles. The van der Waals surface area contributed by atoms with E-state index < -0.39 is 0 Å². The third kappa shape index (κ3) is 3.77. The van der Waals surface area contributed by atoms with Crippen molar-refractivity contribution >= 4 is 16.7 Å². The summed E-state index contributed by atoms with van der Waals surface area (Å²) in [6, 6.07) is 14.2. The lowest BCUT2D eigenvalue weighted by atomic mass is 9.99. The smallest absolute Gasteiger partial charge is 0.224 e. The molecule has 1 unspecified atom stereocenters. The maximum Gasteiger partial charge on any atom is 0.224 e. The van der Waals surface area contributed by atoms with Gasteiger partial charge in [0.15, 0.2) is 0 Å². The van der Waals surface area contributed by atoms with Crippen LogP contribution in [0.4, 0.5) is 0 Å². The molecular weight excluding hydrogens is 276 g/mol. The average molecular weight is 298 g/mol. The lowest BCUT2D eigenvalue weighted by Crippen LogP contribution is -2.41. The van der Waals surface area contributed by atoms with E-state index in [1.165, 1.54) is 5.39 Å². The maximum atomic E-state index is 12.0. The zero-order valence-corrected chi connectivity index (χ0v) is 12.7. The van der Waals surface area contributed by atoms with Crippen molar-refractivity contribution in [2.24, 2.45) is 5.92 Å². The van der Waals surface area contributed by atoms with E-state index in [1.807, 2.05) is 24.3 Å². The summed E-state index contributed by atoms with van der Waals surface area (Å²) in [5.41, 5.74) is 0. The van der Waals surface area contributed by atoms with Crippen molar-refractivity contribution in [2.45, 2.75) is 12.8 Å². The number of hydrogen-bond donors (Lipinski definition) is 2. The number of carbonyl (C=O) groups excluding carboxylic acids is 1. The van der Waals surface area contributed by atoms with Gasteiger partial charge in [-0.2, -0.15) is 0 Å². The summed E-state index contributed by atoms with van der Waals surface area (Å²) in [6.45, 7) is 2.85. The third-order valence-corrected chi connectivity index (χ3v) is 4.06. The summed E-state index contributed by atoms with van der Waals surface area (Å²) in [6.07, 6.45) is 2.05. The van der Waals surface area contributed by atoms with Crippen molar-refractivity contribution in [2.75, 3.05) is 26.2 Å². The van der Waals surface area contributed by atoms with Crippen LogP contribution in [-0.4, -0.2) is 32.1 Å². The van der Waals surface area contributed by atoms with Crippen LogP contribution in [0.5, 0.6) is 5.75 Å². The first-order valence-corrected chi connectivity index (χ1v) is 7.93. The molecule has 0 bridgehead atoms. The van der Waals surface area contributed by atoms with Gasteiger partial charge in [0.05, 0.1) is 12.5 Å². The van der Waals surface area contributed by atoms with Crippen LogP contribution in [0.3, 0.4) is 0 Å². The quantitative estimate of drug-likeness (QED) is 0.833. The molecule has 2 N–H and O–H groups in total. The molecule has 0 spiro atoms. The van der Waals surface area contributed by atoms with Crippen LogP contribution in [0.25, 0.3) is 10.8 Å². The molecule has 1 amide bonds. The van der Waals surface area contributed by atoms with Crippen molar-refractivity contribution in [1.82, 2.24) is 10.6 Å². The van der Waals surface area contributed by atoms with Crippen LogP contribution in [0.1, 0.15) is 12.8 Å². The van der Waals surface area contributed by atoms with E-state index in [9.17, 15) is 4.79 Å². The van der Waals surface area contributed by atoms with E-state index in [-0.39, 0.29) is 11.8 Å². The van der Waals surface area contributed by atoms with Gasteiger partial charge in [0.1, 0.15) is 12.4 Å². The summed E-state index contributed by atoms with van der Waals surface area (Å²) in [4.78, 5) is 12.0. The van der Waals surface area contributed by atoms with Gasteiger partial charge in [-0.25, -0.2) is 0 Å². The number of fused-ring (bicyclic) bond motifs is 1. The predicted octanol–water partition coefficient (Wildman–Crippen LogP) is 2.33. The maximum absolute atomic E-state index is 12.0. The van der Waals surface area contributed by atoms with Crippen LogP contribution in [-0.2, 0) is 4.79 Å². The molecule has 1 aliphatic rings. The van der Waals surface area contributed by atoms with Crippen molar-refractivity contribution in [3.8, 4) is 5.75 Å². The Morgan fingerprint density at radius 3 is 2.91 bits per heavy atom. The van der Waals surface area contributed by atoms with Gasteiger partial charge in [0.25, 0.3) is 0 Å². The zero-order valence-electron chi connectivity index (χ0n) is 12.7. The predicted molar refractivity (Wildman–Crippen MR) is 88.0 cm³/mol. The highest BCUT2D eigenvalue weighted by molar-refractivity contribution is 5.83. The van der Waals surface area contributed by atoms with Gasteiger partial charge in [-0.3, -0.25) is 4.79 Å². The molecular formula is C18H22N2O2. The van der Waals surface area contributed by atoms with Gasteiger partial charge in [0, 0.05) is 6.54 Å². The van der Waals surface area contributed by atoms with Gasteiger partial charge in [-0.15, -0.1) is 0 Å². The van der Waals surface area contributed by atoms with Crippen LogP contribution in [0.2, 0.25) is 0 Å². The van der Waals surface area contributed by atoms with Gasteiger partial charge in [-0.1, -0.05) is 30.3 Å². The van der Waals surface area contributed by atoms with Gasteiger partial charge in [-0.05, 0) is 42.3 Å². The second-order valence-corrected chi connectivity index (χ2v) is 5.69. The van der Waals surface area contributed by atoms with Crippen molar-refractivity contribution in [1.29, 1.82) is 0 Å². The lowest BCUT2D eigenvalue weighted by Gasteiger charge is -2.21. The van der Waals surface area contributed by atoms with Gasteiger partial charge < -0.3 is 15.4 Å². The van der Waals surface area contributed by atoms with Gasteiger partial charge >= 0.3 is 0 Å². The largest absolute Gasteiger partial charge is 0.492 e. The number of carbonyl (C=O) groups is 1. The Hall–Kier alpha value is -2.07. The first kappa shape index (κ1) is 14.9. The SMILES string of the molecule is O=C(NCCOc1ccc2ccccc2c1)C1CCCNC1. The van der Waals surface area contributed by atoms with E-state index in [2.05, 4.69) is 28.8 Å². The van der Waals surface area contributed by atoms with Crippen molar-refractivity contribution in [3.63, 3.8) is 0 Å². The molecule has 0 saturated carbocycles. The second kappa shape index (κ2) is 7.27. The van der Waals surface area contributed by atoms with Gasteiger partial charge in [0.2, 0.25) is 5.91 Å². The monoisotopic (exact) mass is 298 g/mol. The topological polar surface area (TPSA) is 50.4 Å². The average Bonchev–Trinajstić information content (AvgIpc) is 2.59. The number of amides is 1. The molecule has 116 valence electrons. The Kier molecular flexibility index (Phi) is 4.91. The molecule has 4 heteroatoms. The third-order valence-electron chi connectivity index (χ3n) is 4.06. The molecule has 4 nitrogen and oxygen atoms in total. The molecule has 2 aromatic rings. The number of hydrogen-bond acceptors (Lipinski definition) is 3. The minimum Gasteiger partial charge on any atom is -0.492 e. The van der Waals surface area contributed by atoms with Crippen molar-refractivity contribution < 1.29 is 9.53 Å². The van der Waals surface area contributed by atoms with E-state index in [0.717, 1.165) is 37.1 Å². The molecule has 1 fully saturated rings. The fourth-order valence-corrected chi connectivity index (χ4v) is 2.82. The highest BCUT2D eigenvalue weighted by atomic mass is 16.5. The first-order chi connectivity index (χ1) is 10.8. The Morgan fingerprint density at radius 1 is 1.23 bits per heavy atom. The lowest BCUT2D eigenvalue weighted by molar-refractivity contribution is -0.125. The molecule has 1 heterocycles. The minimum atomic E-state index is 0.106. The Labute approximate surface area is 130 Å². The van der Waals surface area contributed by atoms with Crippen LogP contribution in [0.15, 0.2) is 42.5 Å². The molecule has 3 rings (SSSR count). The minimum absolute atomic E-state index is 0.106. The van der Waals surface area contributed by atoms with E-state index in [0.29, 0.717) is 13.2 Å². The summed E-state index contributed by atoms with van der Waals surface area (Å²) in [7, 11) is 0. The number of rotatable bonds is 5. The molecule has 0 aromatic heterocycles. The molecule has 1 aliphatic heterocycles. The standard InChI is InChI=1S/C18H22N2O2/c21-18(16-6-3-9-19-13-16)20-10-11-22-17-8-7-14-4-1-2-5-15(14)12-17/h1-2,4-5,7-8,12,16,19H,3,6,9-11,13H2,(H,20,21). The molecule has 0 radical (unpaired) electrons. The molecule has 1 atom stereocenters. The fourth-order valence-electron chi connectivity index (χ4n) is 2.82. The van der Waals surface area contributed by atoms with E-state index in [4.69, 9.17) is 4.74 Å². The highest BCUT2D eigenvalue weighted by Gasteiger charge is 2.20. The highest BCUT2D eigenvalue weighted by Crippen LogP contribution is 2.20. The van der Waals surface area contributed by atoms with Crippen molar-refractivity contribution in [3.05, 3.63) is 42.5 Å². The normalized spacial score (nSPS) is 18.1. The number of ether oxygens (including phenoxy) is 1. The fraction of sp³-hybridized carbons (Fsp3) is 0.389. The number of benzene rings is 2. The second-order valence-electron chi connectivity index (χ2n) is 5.69. The van der Waals surface area contributed by atoms with Crippen LogP contribution >= 0.6 is 0 Å². The summed E-state index contributed by atoms with van der Waals surface area (Å²) < 4.78 is 5.72. The number of nitrogens with one attached hydrogen (secondary N) is 2. The summed E-state index contributed by atoms with van der Waals surface area (Å²) >= 11 is 0. The first-order valence-electron chi connectivity index (χ1n) is 7.93. The summed E-state index contributed by atoms with van der Waals surface area (Å²) in [5.74, 6) is 1.08. The molecule has 22 heavy (non-hydrogen) atoms. The van der Waals surface area contributed by atoms with E-state index in [1.54, 1.807) is 0 Å². The van der Waals surface area contributed by atoms with Crippen LogP contribution in [0, 0.1) is 5.92 Å².